The van der Waals surface area contributed by atoms with E-state index in [0.29, 0.717) is 0 Å². The minimum absolute atomic E-state index is 0.0782. The quantitative estimate of drug-likeness (QED) is 0.390. The summed E-state index contributed by atoms with van der Waals surface area (Å²) in [6, 6.07) is 23.5. The lowest BCUT2D eigenvalue weighted by Crippen LogP contribution is -1.94. The van der Waals surface area contributed by atoms with Crippen LogP contribution >= 0.6 is 0 Å². The fourth-order valence-electron chi connectivity index (χ4n) is 4.29. The lowest BCUT2D eigenvalue weighted by molar-refractivity contribution is 1.80. The van der Waals surface area contributed by atoms with E-state index in [9.17, 15) is 9.59 Å². The summed E-state index contributed by atoms with van der Waals surface area (Å²) < 4.78 is 0. The van der Waals surface area contributed by atoms with Gasteiger partial charge in [-0.2, -0.15) is 0 Å². The molecule has 6 aromatic rings. The van der Waals surface area contributed by atoms with Gasteiger partial charge in [0.1, 0.15) is 0 Å². The van der Waals surface area contributed by atoms with Crippen LogP contribution in [0.15, 0.2) is 82.4 Å². The van der Waals surface area contributed by atoms with Gasteiger partial charge in [0.05, 0.1) is 0 Å². The molecule has 0 atom stereocenters. The van der Waals surface area contributed by atoms with Crippen molar-refractivity contribution in [3.63, 3.8) is 0 Å². The van der Waals surface area contributed by atoms with Crippen molar-refractivity contribution in [2.24, 2.45) is 0 Å². The highest BCUT2D eigenvalue weighted by Crippen LogP contribution is 2.32. The molecule has 26 heavy (non-hydrogen) atoms. The van der Waals surface area contributed by atoms with E-state index in [2.05, 4.69) is 0 Å². The van der Waals surface area contributed by atoms with E-state index in [1.807, 2.05) is 72.8 Å². The molecule has 0 spiro atoms. The van der Waals surface area contributed by atoms with E-state index >= 15 is 0 Å². The SMILES string of the molecule is O=c1c2ccccc2c2cc3cc4c(=O)c5ccccc5c4cc3cc12. The second kappa shape index (κ2) is 4.55. The van der Waals surface area contributed by atoms with Gasteiger partial charge in [0.15, 0.2) is 10.9 Å². The predicted octanol–water partition coefficient (Wildman–Crippen LogP) is 5.05. The van der Waals surface area contributed by atoms with E-state index in [1.54, 1.807) is 0 Å². The molecule has 0 N–H and O–H groups in total. The molecule has 0 radical (unpaired) electrons. The summed E-state index contributed by atoms with van der Waals surface area (Å²) in [7, 11) is 0. The maximum atomic E-state index is 12.8. The molecule has 0 heterocycles. The molecule has 6 aromatic carbocycles. The third-order valence-corrected chi connectivity index (χ3v) is 5.53. The van der Waals surface area contributed by atoms with Gasteiger partial charge >= 0.3 is 0 Å². The Labute approximate surface area is 147 Å². The Hall–Kier alpha value is -3.52. The maximum absolute atomic E-state index is 12.8. The van der Waals surface area contributed by atoms with Crippen molar-refractivity contribution in [2.45, 2.75) is 0 Å². The van der Waals surface area contributed by atoms with Crippen LogP contribution in [0.3, 0.4) is 0 Å². The van der Waals surface area contributed by atoms with Crippen molar-refractivity contribution in [2.75, 3.05) is 0 Å². The molecule has 0 bridgehead atoms. The summed E-state index contributed by atoms with van der Waals surface area (Å²) in [5.41, 5.74) is 0.156. The highest BCUT2D eigenvalue weighted by atomic mass is 16.1. The largest absolute Gasteiger partial charge is 0.289 e. The molecular weight excluding hydrogens is 320 g/mol. The maximum Gasteiger partial charge on any atom is 0.194 e. The lowest BCUT2D eigenvalue weighted by atomic mass is 10.0. The highest BCUT2D eigenvalue weighted by molar-refractivity contribution is 6.20. The highest BCUT2D eigenvalue weighted by Gasteiger charge is 2.14. The van der Waals surface area contributed by atoms with Crippen molar-refractivity contribution in [3.8, 4) is 0 Å². The summed E-state index contributed by atoms with van der Waals surface area (Å²) in [5.74, 6) is 0. The molecule has 2 nitrogen and oxygen atoms in total. The lowest BCUT2D eigenvalue weighted by Gasteiger charge is -2.01. The van der Waals surface area contributed by atoms with Crippen molar-refractivity contribution < 1.29 is 0 Å². The van der Waals surface area contributed by atoms with Crippen LogP contribution < -0.4 is 10.9 Å². The van der Waals surface area contributed by atoms with Crippen molar-refractivity contribution >= 4 is 53.9 Å². The molecule has 0 aliphatic carbocycles. The molecule has 0 amide bonds. The van der Waals surface area contributed by atoms with Crippen LogP contribution in [0, 0.1) is 0 Å². The van der Waals surface area contributed by atoms with Crippen LogP contribution in [0.2, 0.25) is 0 Å². The fourth-order valence-corrected chi connectivity index (χ4v) is 4.29. The van der Waals surface area contributed by atoms with E-state index in [4.69, 9.17) is 0 Å². The number of fused-ring (bicyclic) bond motifs is 7. The molecule has 0 saturated carbocycles. The Morgan fingerprint density at radius 1 is 0.385 bits per heavy atom. The molecule has 2 heteroatoms. The number of rotatable bonds is 0. The Kier molecular flexibility index (Phi) is 2.41. The average molecular weight is 332 g/mol. The number of hydrogen-bond donors (Lipinski definition) is 0. The standard InChI is InChI=1S/C24H12O2/c25-23-17-7-3-1-5-15(17)19-9-13-12-22-20(10-14(13)11-21(19)23)16-6-2-4-8-18(16)24(22)26/h1-12H. The summed E-state index contributed by atoms with van der Waals surface area (Å²) in [6.07, 6.45) is 0. The van der Waals surface area contributed by atoms with Crippen molar-refractivity contribution in [1.82, 2.24) is 0 Å². The molecule has 6 rings (SSSR count). The smallest absolute Gasteiger partial charge is 0.194 e. The Morgan fingerprint density at radius 2 is 0.731 bits per heavy atom. The Balaban J connectivity index is 1.87. The monoisotopic (exact) mass is 332 g/mol. The van der Waals surface area contributed by atoms with Crippen LogP contribution in [0.5, 0.6) is 0 Å². The summed E-state index contributed by atoms with van der Waals surface area (Å²) in [4.78, 5) is 25.5. The van der Waals surface area contributed by atoms with Gasteiger partial charge in [-0.15, -0.1) is 0 Å². The van der Waals surface area contributed by atoms with Gasteiger partial charge in [0.25, 0.3) is 0 Å². The van der Waals surface area contributed by atoms with Crippen molar-refractivity contribution in [1.29, 1.82) is 0 Å². The second-order valence-corrected chi connectivity index (χ2v) is 6.89. The van der Waals surface area contributed by atoms with Crippen LogP contribution in [-0.2, 0) is 0 Å². The summed E-state index contributed by atoms with van der Waals surface area (Å²) in [6.45, 7) is 0. The summed E-state index contributed by atoms with van der Waals surface area (Å²) in [5, 5.41) is 8.86. The van der Waals surface area contributed by atoms with E-state index in [-0.39, 0.29) is 10.9 Å². The van der Waals surface area contributed by atoms with Crippen molar-refractivity contribution in [3.05, 3.63) is 93.2 Å². The zero-order valence-electron chi connectivity index (χ0n) is 13.7. The van der Waals surface area contributed by atoms with Gasteiger partial charge in [-0.3, -0.25) is 9.59 Å². The van der Waals surface area contributed by atoms with Gasteiger partial charge in [0.2, 0.25) is 0 Å². The number of hydrogen-bond acceptors (Lipinski definition) is 2. The molecule has 0 aliphatic heterocycles. The molecular formula is C24H12O2. The Bertz CT molecular complexity index is 1490. The number of benzene rings is 4. The molecule has 0 fully saturated rings. The van der Waals surface area contributed by atoms with Gasteiger partial charge in [0, 0.05) is 21.5 Å². The minimum atomic E-state index is 0.0782. The van der Waals surface area contributed by atoms with Crippen LogP contribution in [0.25, 0.3) is 53.9 Å². The van der Waals surface area contributed by atoms with Crippen LogP contribution in [-0.4, -0.2) is 0 Å². The molecule has 0 aromatic heterocycles. The Morgan fingerprint density at radius 3 is 1.15 bits per heavy atom. The molecule has 0 saturated heterocycles. The first-order valence-corrected chi connectivity index (χ1v) is 8.62. The first-order valence-electron chi connectivity index (χ1n) is 8.62. The van der Waals surface area contributed by atoms with E-state index < -0.39 is 0 Å². The first kappa shape index (κ1) is 13.7. The first-order chi connectivity index (χ1) is 12.7. The topological polar surface area (TPSA) is 34.1 Å². The molecule has 0 unspecified atom stereocenters. The molecule has 120 valence electrons. The minimum Gasteiger partial charge on any atom is -0.289 e. The van der Waals surface area contributed by atoms with E-state index in [1.165, 1.54) is 0 Å². The van der Waals surface area contributed by atoms with Gasteiger partial charge < -0.3 is 0 Å². The zero-order chi connectivity index (χ0) is 17.4. The van der Waals surface area contributed by atoms with E-state index in [0.717, 1.165) is 53.9 Å². The normalized spacial score (nSPS) is 12.2. The van der Waals surface area contributed by atoms with Crippen LogP contribution in [0.1, 0.15) is 0 Å². The predicted molar refractivity (Wildman–Crippen MR) is 109 cm³/mol. The molecule has 0 aliphatic rings. The summed E-state index contributed by atoms with van der Waals surface area (Å²) >= 11 is 0. The fraction of sp³-hybridized carbons (Fsp3) is 0. The van der Waals surface area contributed by atoms with Gasteiger partial charge in [-0.05, 0) is 56.6 Å². The van der Waals surface area contributed by atoms with Gasteiger partial charge in [-0.25, -0.2) is 0 Å². The average Bonchev–Trinajstić information content (AvgIpc) is 3.12. The third kappa shape index (κ3) is 1.56. The third-order valence-electron chi connectivity index (χ3n) is 5.53. The second-order valence-electron chi connectivity index (χ2n) is 6.89. The van der Waals surface area contributed by atoms with Gasteiger partial charge in [-0.1, -0.05) is 48.5 Å². The zero-order valence-corrected chi connectivity index (χ0v) is 13.7. The van der Waals surface area contributed by atoms with Crippen LogP contribution in [0.4, 0.5) is 0 Å².